The molecular weight excluding hydrogens is 288 g/mol. The van der Waals surface area contributed by atoms with Crippen molar-refractivity contribution in [3.8, 4) is 5.75 Å². The monoisotopic (exact) mass is 310 g/mol. The third-order valence-corrected chi connectivity index (χ3v) is 4.21. The van der Waals surface area contributed by atoms with E-state index in [-0.39, 0.29) is 0 Å². The molecule has 0 saturated heterocycles. The zero-order chi connectivity index (χ0) is 16.4. The van der Waals surface area contributed by atoms with Gasteiger partial charge in [0.2, 0.25) is 0 Å². The number of carbonyl (C=O) groups excluding carboxylic acids is 1. The fourth-order valence-corrected chi connectivity index (χ4v) is 2.81. The highest BCUT2D eigenvalue weighted by Gasteiger charge is 2.16. The van der Waals surface area contributed by atoms with E-state index < -0.39 is 6.09 Å². The molecule has 2 aromatic rings. The first-order chi connectivity index (χ1) is 11.0. The van der Waals surface area contributed by atoms with Gasteiger partial charge < -0.3 is 9.64 Å². The van der Waals surface area contributed by atoms with E-state index in [0.29, 0.717) is 11.7 Å². The number of ether oxygens (including phenoxy) is 1. The van der Waals surface area contributed by atoms with Crippen molar-refractivity contribution in [1.82, 2.24) is 0 Å². The van der Waals surface area contributed by atoms with Gasteiger partial charge in [0.25, 0.3) is 0 Å². The Bertz CT molecular complexity index is 708. The summed E-state index contributed by atoms with van der Waals surface area (Å²) in [5.41, 5.74) is 4.41. The van der Waals surface area contributed by atoms with Crippen LogP contribution in [0.1, 0.15) is 30.9 Å². The Morgan fingerprint density at radius 2 is 1.91 bits per heavy atom. The van der Waals surface area contributed by atoms with Crippen molar-refractivity contribution in [3.05, 3.63) is 53.6 Å². The summed E-state index contributed by atoms with van der Waals surface area (Å²) in [5.74, 6) is 1.05. The van der Waals surface area contributed by atoms with Crippen LogP contribution in [0.15, 0.2) is 42.5 Å². The molecule has 1 amide bonds. The van der Waals surface area contributed by atoms with Crippen molar-refractivity contribution in [1.29, 1.82) is 0 Å². The molecule has 1 N–H and O–H groups in total. The summed E-state index contributed by atoms with van der Waals surface area (Å²) >= 11 is 0. The SMILES string of the molecule is CC(C)c1ccc(NC(=O)Oc2ccc3c(c2)CCN3C)cc1. The van der Waals surface area contributed by atoms with Crippen LogP contribution in [0.4, 0.5) is 16.2 Å². The molecule has 0 aliphatic carbocycles. The number of nitrogens with one attached hydrogen (secondary N) is 1. The lowest BCUT2D eigenvalue weighted by Gasteiger charge is -2.12. The minimum Gasteiger partial charge on any atom is -0.410 e. The number of rotatable bonds is 3. The third-order valence-electron chi connectivity index (χ3n) is 4.21. The molecule has 3 rings (SSSR count). The molecule has 0 atom stereocenters. The number of nitrogens with zero attached hydrogens (tertiary/aromatic N) is 1. The standard InChI is InChI=1S/C19H22N2O2/c1-13(2)14-4-6-16(7-5-14)20-19(22)23-17-8-9-18-15(12-17)10-11-21(18)3/h4-9,12-13H,10-11H2,1-3H3,(H,20,22). The molecule has 23 heavy (non-hydrogen) atoms. The number of hydrogen-bond donors (Lipinski definition) is 1. The average molecular weight is 310 g/mol. The van der Waals surface area contributed by atoms with Crippen LogP contribution in [0.2, 0.25) is 0 Å². The largest absolute Gasteiger partial charge is 0.417 e. The van der Waals surface area contributed by atoms with E-state index in [2.05, 4.69) is 31.1 Å². The van der Waals surface area contributed by atoms with Gasteiger partial charge in [-0.2, -0.15) is 0 Å². The van der Waals surface area contributed by atoms with Crippen LogP contribution in [0.5, 0.6) is 5.75 Å². The molecule has 1 aliphatic heterocycles. The lowest BCUT2D eigenvalue weighted by Crippen LogP contribution is -2.16. The van der Waals surface area contributed by atoms with Crippen LogP contribution < -0.4 is 15.0 Å². The van der Waals surface area contributed by atoms with E-state index >= 15 is 0 Å². The van der Waals surface area contributed by atoms with Gasteiger partial charge in [0, 0.05) is 25.0 Å². The molecule has 120 valence electrons. The van der Waals surface area contributed by atoms with Gasteiger partial charge in [-0.05, 0) is 53.8 Å². The fourth-order valence-electron chi connectivity index (χ4n) is 2.81. The summed E-state index contributed by atoms with van der Waals surface area (Å²) in [6, 6.07) is 13.6. The van der Waals surface area contributed by atoms with E-state index in [1.807, 2.05) is 42.5 Å². The van der Waals surface area contributed by atoms with Crippen LogP contribution in [-0.2, 0) is 6.42 Å². The maximum atomic E-state index is 12.0. The molecule has 1 heterocycles. The van der Waals surface area contributed by atoms with Crippen LogP contribution in [0, 0.1) is 0 Å². The summed E-state index contributed by atoms with van der Waals surface area (Å²) in [4.78, 5) is 14.2. The number of hydrogen-bond acceptors (Lipinski definition) is 3. The molecule has 1 aliphatic rings. The zero-order valence-electron chi connectivity index (χ0n) is 13.8. The van der Waals surface area contributed by atoms with Crippen molar-refractivity contribution in [2.75, 3.05) is 23.8 Å². The van der Waals surface area contributed by atoms with Crippen LogP contribution in [0.25, 0.3) is 0 Å². The van der Waals surface area contributed by atoms with Crippen molar-refractivity contribution in [3.63, 3.8) is 0 Å². The van der Waals surface area contributed by atoms with Gasteiger partial charge in [-0.1, -0.05) is 26.0 Å². The minimum absolute atomic E-state index is 0.464. The Morgan fingerprint density at radius 3 is 2.61 bits per heavy atom. The third kappa shape index (κ3) is 3.47. The smallest absolute Gasteiger partial charge is 0.410 e. The van der Waals surface area contributed by atoms with Crippen molar-refractivity contribution in [2.24, 2.45) is 0 Å². The first kappa shape index (κ1) is 15.4. The Labute approximate surface area is 137 Å². The number of fused-ring (bicyclic) bond motifs is 1. The highest BCUT2D eigenvalue weighted by molar-refractivity contribution is 5.86. The normalized spacial score (nSPS) is 13.1. The Balaban J connectivity index is 1.63. The Hall–Kier alpha value is -2.49. The van der Waals surface area contributed by atoms with E-state index in [1.165, 1.54) is 16.8 Å². The van der Waals surface area contributed by atoms with Gasteiger partial charge in [0.1, 0.15) is 5.75 Å². The maximum absolute atomic E-state index is 12.0. The van der Waals surface area contributed by atoms with Crippen molar-refractivity contribution in [2.45, 2.75) is 26.2 Å². The molecule has 0 unspecified atom stereocenters. The average Bonchev–Trinajstić information content (AvgIpc) is 2.88. The van der Waals surface area contributed by atoms with Gasteiger partial charge in [-0.25, -0.2) is 4.79 Å². The Morgan fingerprint density at radius 1 is 1.17 bits per heavy atom. The molecule has 0 fully saturated rings. The number of likely N-dealkylation sites (N-methyl/N-ethyl adjacent to an activating group) is 1. The second kappa shape index (κ2) is 6.32. The molecule has 2 aromatic carbocycles. The second-order valence-electron chi connectivity index (χ2n) is 6.25. The minimum atomic E-state index is -0.464. The lowest BCUT2D eigenvalue weighted by molar-refractivity contribution is 0.215. The van der Waals surface area contributed by atoms with Gasteiger partial charge >= 0.3 is 6.09 Å². The quantitative estimate of drug-likeness (QED) is 0.913. The fraction of sp³-hybridized carbons (Fsp3) is 0.316. The predicted molar refractivity (Wildman–Crippen MR) is 93.6 cm³/mol. The molecule has 4 heteroatoms. The zero-order valence-corrected chi connectivity index (χ0v) is 13.8. The Kier molecular flexibility index (Phi) is 4.24. The predicted octanol–water partition coefficient (Wildman–Crippen LogP) is 4.41. The molecular formula is C19H22N2O2. The summed E-state index contributed by atoms with van der Waals surface area (Å²) in [6.07, 6.45) is 0.523. The number of anilines is 2. The first-order valence-corrected chi connectivity index (χ1v) is 7.96. The van der Waals surface area contributed by atoms with Gasteiger partial charge in [0.05, 0.1) is 0 Å². The topological polar surface area (TPSA) is 41.6 Å². The van der Waals surface area contributed by atoms with Crippen molar-refractivity contribution >= 4 is 17.5 Å². The highest BCUT2D eigenvalue weighted by atomic mass is 16.6. The van der Waals surface area contributed by atoms with Gasteiger partial charge in [0.15, 0.2) is 0 Å². The number of carbonyl (C=O) groups is 1. The molecule has 0 spiro atoms. The summed E-state index contributed by atoms with van der Waals surface area (Å²) < 4.78 is 5.39. The van der Waals surface area contributed by atoms with E-state index in [4.69, 9.17) is 4.74 Å². The molecule has 0 saturated carbocycles. The second-order valence-corrected chi connectivity index (χ2v) is 6.25. The first-order valence-electron chi connectivity index (χ1n) is 7.96. The van der Waals surface area contributed by atoms with Crippen LogP contribution in [0.3, 0.4) is 0 Å². The van der Waals surface area contributed by atoms with E-state index in [9.17, 15) is 4.79 Å². The van der Waals surface area contributed by atoms with E-state index in [0.717, 1.165) is 18.7 Å². The van der Waals surface area contributed by atoms with Crippen LogP contribution in [-0.4, -0.2) is 19.7 Å². The summed E-state index contributed by atoms with van der Waals surface area (Å²) in [7, 11) is 2.07. The molecule has 4 nitrogen and oxygen atoms in total. The lowest BCUT2D eigenvalue weighted by atomic mass is 10.0. The van der Waals surface area contributed by atoms with Crippen molar-refractivity contribution < 1.29 is 9.53 Å². The van der Waals surface area contributed by atoms with Crippen LogP contribution >= 0.6 is 0 Å². The highest BCUT2D eigenvalue weighted by Crippen LogP contribution is 2.30. The van der Waals surface area contributed by atoms with Gasteiger partial charge in [-0.15, -0.1) is 0 Å². The summed E-state index contributed by atoms with van der Waals surface area (Å²) in [5, 5.41) is 2.76. The molecule has 0 aromatic heterocycles. The maximum Gasteiger partial charge on any atom is 0.417 e. The van der Waals surface area contributed by atoms with Gasteiger partial charge in [-0.3, -0.25) is 5.32 Å². The molecule has 0 radical (unpaired) electrons. The number of benzene rings is 2. The number of amides is 1. The van der Waals surface area contributed by atoms with E-state index in [1.54, 1.807) is 0 Å². The molecule has 0 bridgehead atoms. The summed E-state index contributed by atoms with van der Waals surface area (Å²) in [6.45, 7) is 5.29.